The number of hydrogen-bond acceptors (Lipinski definition) is 5. The normalized spacial score (nSPS) is 8.24. The molecule has 144 valence electrons. The van der Waals surface area contributed by atoms with Crippen LogP contribution in [0.25, 0.3) is 0 Å². The van der Waals surface area contributed by atoms with Crippen LogP contribution in [-0.4, -0.2) is 47.1 Å². The van der Waals surface area contributed by atoms with E-state index in [1.165, 1.54) is 0 Å². The van der Waals surface area contributed by atoms with E-state index in [0.717, 1.165) is 43.5 Å². The van der Waals surface area contributed by atoms with Gasteiger partial charge in [-0.25, -0.2) is 0 Å². The molecule has 0 saturated heterocycles. The highest BCUT2D eigenvalue weighted by molar-refractivity contribution is 5.70. The highest BCUT2D eigenvalue weighted by Crippen LogP contribution is 2.07. The summed E-state index contributed by atoms with van der Waals surface area (Å²) >= 11 is 0. The molecule has 1 N–H and O–H groups in total. The molecule has 0 fully saturated rings. The minimum atomic E-state index is 0.504. The SMILES string of the molecule is C=C(C)C=O.CC.CNc1ccc(CC=O)cc1.COCCCOC. The van der Waals surface area contributed by atoms with Crippen LogP contribution in [0.15, 0.2) is 36.4 Å². The van der Waals surface area contributed by atoms with Crippen molar-refractivity contribution in [1.29, 1.82) is 0 Å². The number of methoxy groups -OCH3 is 2. The minimum absolute atomic E-state index is 0.504. The van der Waals surface area contributed by atoms with Crippen LogP contribution in [0.2, 0.25) is 0 Å². The second-order valence-corrected chi connectivity index (χ2v) is 4.62. The average molecular weight is 354 g/mol. The number of ether oxygens (including phenoxy) is 2. The summed E-state index contributed by atoms with van der Waals surface area (Å²) in [6.07, 6.45) is 3.13. The van der Waals surface area contributed by atoms with Gasteiger partial charge in [-0.05, 0) is 36.6 Å². The Bertz CT molecular complexity index is 412. The highest BCUT2D eigenvalue weighted by atomic mass is 16.5. The summed E-state index contributed by atoms with van der Waals surface area (Å²) < 4.78 is 9.53. The highest BCUT2D eigenvalue weighted by Gasteiger charge is 1.90. The van der Waals surface area contributed by atoms with Crippen molar-refractivity contribution in [2.24, 2.45) is 0 Å². The van der Waals surface area contributed by atoms with Crippen LogP contribution in [0.3, 0.4) is 0 Å². The molecule has 0 radical (unpaired) electrons. The van der Waals surface area contributed by atoms with Gasteiger partial charge < -0.3 is 19.6 Å². The van der Waals surface area contributed by atoms with Crippen LogP contribution in [0.1, 0.15) is 32.8 Å². The molecule has 0 saturated carbocycles. The molecule has 0 aliphatic carbocycles. The van der Waals surface area contributed by atoms with Gasteiger partial charge in [0.25, 0.3) is 0 Å². The lowest BCUT2D eigenvalue weighted by atomic mass is 10.1. The molecule has 0 aliphatic heterocycles. The molecular weight excluding hydrogens is 318 g/mol. The minimum Gasteiger partial charge on any atom is -0.388 e. The smallest absolute Gasteiger partial charge is 0.145 e. The molecule has 1 rings (SSSR count). The number of benzene rings is 1. The molecule has 0 heterocycles. The number of carbonyl (C=O) groups is 2. The van der Waals surface area contributed by atoms with Crippen molar-refractivity contribution in [2.75, 3.05) is 39.8 Å². The van der Waals surface area contributed by atoms with Crippen molar-refractivity contribution in [3.05, 3.63) is 42.0 Å². The number of carbonyl (C=O) groups excluding carboxylic acids is 2. The molecule has 0 unspecified atom stereocenters. The van der Waals surface area contributed by atoms with Crippen LogP contribution in [0.5, 0.6) is 0 Å². The third kappa shape index (κ3) is 24.4. The van der Waals surface area contributed by atoms with Crippen molar-refractivity contribution in [3.8, 4) is 0 Å². The topological polar surface area (TPSA) is 64.6 Å². The standard InChI is InChI=1S/C9H11NO.C5H12O2.C4H6O.C2H6/c1-10-9-4-2-8(3-5-9)6-7-11;1-6-4-3-5-7-2;1-4(2)3-5;1-2/h2-5,7,10H,6H2,1H3;3-5H2,1-2H3;3H,1H2,2H3;1-2H3. The predicted molar refractivity (Wildman–Crippen MR) is 106 cm³/mol. The Labute approximate surface area is 153 Å². The van der Waals surface area contributed by atoms with E-state index in [1.807, 2.05) is 45.2 Å². The van der Waals surface area contributed by atoms with Gasteiger partial charge in [-0.15, -0.1) is 0 Å². The zero-order valence-electron chi connectivity index (χ0n) is 16.6. The van der Waals surface area contributed by atoms with E-state index < -0.39 is 0 Å². The molecule has 0 aliphatic rings. The fourth-order valence-corrected chi connectivity index (χ4v) is 1.25. The lowest BCUT2D eigenvalue weighted by Gasteiger charge is -1.99. The Morgan fingerprint density at radius 2 is 1.52 bits per heavy atom. The van der Waals surface area contributed by atoms with E-state index in [1.54, 1.807) is 21.1 Å². The van der Waals surface area contributed by atoms with E-state index in [2.05, 4.69) is 11.9 Å². The molecule has 5 nitrogen and oxygen atoms in total. The first-order valence-corrected chi connectivity index (χ1v) is 8.34. The second-order valence-electron chi connectivity index (χ2n) is 4.62. The molecule has 25 heavy (non-hydrogen) atoms. The van der Waals surface area contributed by atoms with Gasteiger partial charge in [0.15, 0.2) is 0 Å². The number of aldehydes is 2. The zero-order valence-corrected chi connectivity index (χ0v) is 16.6. The maximum atomic E-state index is 10.1. The Morgan fingerprint density at radius 1 is 1.08 bits per heavy atom. The fourth-order valence-electron chi connectivity index (χ4n) is 1.25. The van der Waals surface area contributed by atoms with E-state index in [-0.39, 0.29) is 0 Å². The predicted octanol–water partition coefficient (Wildman–Crippen LogP) is 3.93. The van der Waals surface area contributed by atoms with Gasteiger partial charge in [0, 0.05) is 46.6 Å². The van der Waals surface area contributed by atoms with E-state index >= 15 is 0 Å². The molecule has 0 amide bonds. The molecule has 0 atom stereocenters. The maximum Gasteiger partial charge on any atom is 0.145 e. The van der Waals surface area contributed by atoms with Crippen molar-refractivity contribution in [1.82, 2.24) is 0 Å². The van der Waals surface area contributed by atoms with Crippen LogP contribution >= 0.6 is 0 Å². The molecule has 1 aromatic carbocycles. The summed E-state index contributed by atoms with van der Waals surface area (Å²) in [5, 5.41) is 3.01. The number of hydrogen-bond donors (Lipinski definition) is 1. The maximum absolute atomic E-state index is 10.1. The molecule has 1 aromatic rings. The van der Waals surface area contributed by atoms with Crippen LogP contribution in [0, 0.1) is 0 Å². The van der Waals surface area contributed by atoms with Gasteiger partial charge in [0.2, 0.25) is 0 Å². The number of anilines is 1. The van der Waals surface area contributed by atoms with E-state index in [0.29, 0.717) is 12.0 Å². The molecule has 0 spiro atoms. The summed E-state index contributed by atoms with van der Waals surface area (Å²) in [6.45, 7) is 10.6. The third-order valence-electron chi connectivity index (χ3n) is 2.46. The third-order valence-corrected chi connectivity index (χ3v) is 2.46. The van der Waals surface area contributed by atoms with E-state index in [4.69, 9.17) is 9.47 Å². The summed E-state index contributed by atoms with van der Waals surface area (Å²) in [7, 11) is 5.25. The lowest BCUT2D eigenvalue weighted by Crippen LogP contribution is -1.94. The Balaban J connectivity index is -0.000000300. The Kier molecular flexibility index (Phi) is 27.0. The second kappa shape index (κ2) is 24.3. The molecule has 5 heteroatoms. The van der Waals surface area contributed by atoms with Crippen molar-refractivity contribution >= 4 is 18.3 Å². The summed E-state index contributed by atoms with van der Waals surface area (Å²) in [6, 6.07) is 7.80. The van der Waals surface area contributed by atoms with Crippen LogP contribution < -0.4 is 5.32 Å². The first-order valence-electron chi connectivity index (χ1n) is 8.34. The monoisotopic (exact) mass is 353 g/mol. The van der Waals surface area contributed by atoms with Gasteiger partial charge in [0.1, 0.15) is 12.6 Å². The quantitative estimate of drug-likeness (QED) is 0.436. The summed E-state index contributed by atoms with van der Waals surface area (Å²) in [5.74, 6) is 0. The molecule has 0 aromatic heterocycles. The summed E-state index contributed by atoms with van der Waals surface area (Å²) in [4.78, 5) is 19.5. The average Bonchev–Trinajstić information content (AvgIpc) is 2.66. The number of rotatable bonds is 8. The van der Waals surface area contributed by atoms with Gasteiger partial charge in [-0.3, -0.25) is 4.79 Å². The largest absolute Gasteiger partial charge is 0.388 e. The van der Waals surface area contributed by atoms with Gasteiger partial charge in [-0.1, -0.05) is 32.6 Å². The zero-order chi connectivity index (χ0) is 19.9. The van der Waals surface area contributed by atoms with Gasteiger partial charge in [-0.2, -0.15) is 0 Å². The van der Waals surface area contributed by atoms with Crippen LogP contribution in [0.4, 0.5) is 5.69 Å². The molecular formula is C20H35NO4. The Hall–Kier alpha value is -1.98. The fraction of sp³-hybridized carbons (Fsp3) is 0.500. The van der Waals surface area contributed by atoms with Gasteiger partial charge >= 0.3 is 0 Å². The van der Waals surface area contributed by atoms with Crippen molar-refractivity contribution < 1.29 is 19.1 Å². The first-order chi connectivity index (χ1) is 12.0. The lowest BCUT2D eigenvalue weighted by molar-refractivity contribution is -0.107. The van der Waals surface area contributed by atoms with Crippen LogP contribution in [-0.2, 0) is 25.5 Å². The summed E-state index contributed by atoms with van der Waals surface area (Å²) in [5.41, 5.74) is 2.70. The first kappa shape index (κ1) is 27.8. The number of nitrogens with one attached hydrogen (secondary N) is 1. The van der Waals surface area contributed by atoms with Crippen molar-refractivity contribution in [3.63, 3.8) is 0 Å². The van der Waals surface area contributed by atoms with Gasteiger partial charge in [0.05, 0.1) is 0 Å². The van der Waals surface area contributed by atoms with E-state index in [9.17, 15) is 9.59 Å². The number of allylic oxidation sites excluding steroid dienone is 1. The van der Waals surface area contributed by atoms with Crippen molar-refractivity contribution in [2.45, 2.75) is 33.6 Å². The molecule has 0 bridgehead atoms. The Morgan fingerprint density at radius 3 is 1.80 bits per heavy atom.